The van der Waals surface area contributed by atoms with E-state index in [4.69, 9.17) is 5.10 Å². The summed E-state index contributed by atoms with van der Waals surface area (Å²) in [5.41, 5.74) is 2.67. The zero-order valence-corrected chi connectivity index (χ0v) is 22.3. The van der Waals surface area contributed by atoms with Crippen LogP contribution in [0.3, 0.4) is 0 Å². The molecule has 1 fully saturated rings. The summed E-state index contributed by atoms with van der Waals surface area (Å²) < 4.78 is 1.76. The van der Waals surface area contributed by atoms with Crippen molar-refractivity contribution in [1.29, 1.82) is 0 Å². The number of thioether (sulfide) groups is 1. The van der Waals surface area contributed by atoms with Gasteiger partial charge in [0.2, 0.25) is 5.91 Å². The fourth-order valence-corrected chi connectivity index (χ4v) is 6.03. The minimum Gasteiger partial charge on any atom is -0.351 e. The van der Waals surface area contributed by atoms with Gasteiger partial charge in [-0.2, -0.15) is 16.9 Å². The summed E-state index contributed by atoms with van der Waals surface area (Å²) in [4.78, 5) is 29.3. The van der Waals surface area contributed by atoms with E-state index in [2.05, 4.69) is 43.4 Å². The van der Waals surface area contributed by atoms with Gasteiger partial charge in [0.05, 0.1) is 12.2 Å². The first kappa shape index (κ1) is 25.8. The Hall–Kier alpha value is -2.28. The van der Waals surface area contributed by atoms with Gasteiger partial charge >= 0.3 is 0 Å². The molecule has 1 aromatic heterocycles. The van der Waals surface area contributed by atoms with Crippen LogP contribution in [0.5, 0.6) is 0 Å². The molecule has 1 N–H and O–H groups in total. The number of carbonyl (C=O) groups is 2. The van der Waals surface area contributed by atoms with E-state index < -0.39 is 5.54 Å². The lowest BCUT2D eigenvalue weighted by molar-refractivity contribution is -0.134. The minimum absolute atomic E-state index is 0.0473. The number of aromatic nitrogens is 2. The molecule has 35 heavy (non-hydrogen) atoms. The van der Waals surface area contributed by atoms with E-state index in [1.807, 2.05) is 29.7 Å². The number of aryl methyl sites for hydroxylation is 1. The van der Waals surface area contributed by atoms with Gasteiger partial charge in [-0.25, -0.2) is 0 Å². The Labute approximate surface area is 214 Å². The van der Waals surface area contributed by atoms with Crippen LogP contribution >= 0.6 is 11.8 Å². The lowest BCUT2D eigenvalue weighted by Crippen LogP contribution is -2.65. The number of carbonyl (C=O) groups excluding carboxylic acids is 2. The number of rotatable bonds is 10. The predicted molar refractivity (Wildman–Crippen MR) is 144 cm³/mol. The molecule has 1 atom stereocenters. The number of nitrogens with one attached hydrogen (secondary N) is 1. The SMILES string of the molecule is CCCSCCCN1C(=O)c2cc(-c3ccc(CC)cc3)nn2C[C@@]1(C)C(=O)NC1CCCCC1. The van der Waals surface area contributed by atoms with Crippen LogP contribution in [-0.2, 0) is 17.8 Å². The van der Waals surface area contributed by atoms with Gasteiger partial charge in [0.25, 0.3) is 5.91 Å². The van der Waals surface area contributed by atoms with Crippen LogP contribution in [-0.4, -0.2) is 56.1 Å². The Morgan fingerprint density at radius 3 is 2.57 bits per heavy atom. The third kappa shape index (κ3) is 5.76. The van der Waals surface area contributed by atoms with Gasteiger partial charge in [-0.1, -0.05) is 57.4 Å². The second kappa shape index (κ2) is 11.6. The molecule has 0 saturated heterocycles. The van der Waals surface area contributed by atoms with Crippen molar-refractivity contribution in [3.8, 4) is 11.3 Å². The summed E-state index contributed by atoms with van der Waals surface area (Å²) in [5.74, 6) is 1.97. The molecule has 0 bridgehead atoms. The predicted octanol–water partition coefficient (Wildman–Crippen LogP) is 5.31. The lowest BCUT2D eigenvalue weighted by Gasteiger charge is -2.44. The number of hydrogen-bond acceptors (Lipinski definition) is 4. The van der Waals surface area contributed by atoms with Gasteiger partial charge in [0.15, 0.2) is 0 Å². The first-order valence-electron chi connectivity index (χ1n) is 13.3. The second-order valence-electron chi connectivity index (χ2n) is 10.1. The molecule has 2 aliphatic rings. The Kier molecular flexibility index (Phi) is 8.58. The Morgan fingerprint density at radius 2 is 1.89 bits per heavy atom. The van der Waals surface area contributed by atoms with Crippen LogP contribution in [0.15, 0.2) is 30.3 Å². The van der Waals surface area contributed by atoms with Gasteiger partial charge in [0, 0.05) is 18.2 Å². The normalized spacial score (nSPS) is 20.7. The van der Waals surface area contributed by atoms with Gasteiger partial charge < -0.3 is 10.2 Å². The van der Waals surface area contributed by atoms with Crippen LogP contribution in [0, 0.1) is 0 Å². The molecule has 6 nitrogen and oxygen atoms in total. The Bertz CT molecular complexity index is 1010. The van der Waals surface area contributed by atoms with Crippen LogP contribution in [0.25, 0.3) is 11.3 Å². The van der Waals surface area contributed by atoms with Crippen molar-refractivity contribution in [2.45, 2.75) is 90.3 Å². The van der Waals surface area contributed by atoms with Gasteiger partial charge in [-0.3, -0.25) is 14.3 Å². The van der Waals surface area contributed by atoms with Crippen LogP contribution in [0.2, 0.25) is 0 Å². The molecule has 0 radical (unpaired) electrons. The fourth-order valence-electron chi connectivity index (χ4n) is 5.20. The summed E-state index contributed by atoms with van der Waals surface area (Å²) in [6.07, 6.45) is 8.60. The number of nitrogens with zero attached hydrogens (tertiary/aromatic N) is 3. The third-order valence-electron chi connectivity index (χ3n) is 7.40. The Balaban J connectivity index is 1.59. The third-order valence-corrected chi connectivity index (χ3v) is 8.68. The zero-order valence-electron chi connectivity index (χ0n) is 21.5. The molecule has 2 aromatic rings. The van der Waals surface area contributed by atoms with E-state index in [1.165, 1.54) is 12.0 Å². The molecule has 1 saturated carbocycles. The minimum atomic E-state index is -0.952. The molecule has 2 heterocycles. The zero-order chi connectivity index (χ0) is 24.8. The number of benzene rings is 1. The van der Waals surface area contributed by atoms with E-state index in [0.29, 0.717) is 18.8 Å². The van der Waals surface area contributed by atoms with Crippen molar-refractivity contribution >= 4 is 23.6 Å². The quantitative estimate of drug-likeness (QED) is 0.453. The van der Waals surface area contributed by atoms with Crippen molar-refractivity contribution in [1.82, 2.24) is 20.0 Å². The van der Waals surface area contributed by atoms with Crippen LogP contribution < -0.4 is 5.32 Å². The van der Waals surface area contributed by atoms with E-state index >= 15 is 0 Å². The Morgan fingerprint density at radius 1 is 1.14 bits per heavy atom. The maximum Gasteiger partial charge on any atom is 0.273 e. The molecule has 7 heteroatoms. The van der Waals surface area contributed by atoms with E-state index in [0.717, 1.165) is 67.7 Å². The molecule has 0 spiro atoms. The average Bonchev–Trinajstić information content (AvgIpc) is 3.30. The smallest absolute Gasteiger partial charge is 0.273 e. The molecular formula is C28H40N4O2S. The van der Waals surface area contributed by atoms with Crippen LogP contribution in [0.1, 0.15) is 81.8 Å². The molecule has 4 rings (SSSR count). The van der Waals surface area contributed by atoms with E-state index in [1.54, 1.807) is 4.68 Å². The highest BCUT2D eigenvalue weighted by Gasteiger charge is 2.48. The number of hydrogen-bond donors (Lipinski definition) is 1. The van der Waals surface area contributed by atoms with Gasteiger partial charge in [-0.15, -0.1) is 0 Å². The first-order valence-corrected chi connectivity index (χ1v) is 14.5. The molecule has 1 aromatic carbocycles. The fraction of sp³-hybridized carbons (Fsp3) is 0.607. The highest BCUT2D eigenvalue weighted by atomic mass is 32.2. The van der Waals surface area contributed by atoms with E-state index in [-0.39, 0.29) is 17.9 Å². The van der Waals surface area contributed by atoms with Gasteiger partial charge in [-0.05, 0) is 62.2 Å². The standard InChI is InChI=1S/C28H40N4O2S/c1-4-17-35-18-9-16-31-26(33)25-19-24(22-14-12-21(5-2)13-15-22)30-32(25)20-28(31,3)27(34)29-23-10-7-6-8-11-23/h12-15,19,23H,4-11,16-18,20H2,1-3H3,(H,29,34)/t28-/m0/s1. The van der Waals surface area contributed by atoms with Crippen molar-refractivity contribution in [3.05, 3.63) is 41.6 Å². The maximum absolute atomic E-state index is 13.8. The average molecular weight is 497 g/mol. The molecule has 1 aliphatic carbocycles. The first-order chi connectivity index (χ1) is 17.0. The van der Waals surface area contributed by atoms with Crippen molar-refractivity contribution in [3.63, 3.8) is 0 Å². The summed E-state index contributed by atoms with van der Waals surface area (Å²) in [5, 5.41) is 8.09. The molecule has 190 valence electrons. The van der Waals surface area contributed by atoms with E-state index in [9.17, 15) is 9.59 Å². The molecule has 2 amide bonds. The van der Waals surface area contributed by atoms with Crippen molar-refractivity contribution < 1.29 is 9.59 Å². The largest absolute Gasteiger partial charge is 0.351 e. The molecule has 0 unspecified atom stereocenters. The van der Waals surface area contributed by atoms with Crippen LogP contribution in [0.4, 0.5) is 0 Å². The lowest BCUT2D eigenvalue weighted by atomic mass is 9.91. The summed E-state index contributed by atoms with van der Waals surface area (Å²) in [6, 6.07) is 10.4. The topological polar surface area (TPSA) is 67.2 Å². The van der Waals surface area contributed by atoms with Gasteiger partial charge in [0.1, 0.15) is 11.2 Å². The summed E-state index contributed by atoms with van der Waals surface area (Å²) >= 11 is 1.91. The maximum atomic E-state index is 13.8. The number of amides is 2. The molecular weight excluding hydrogens is 456 g/mol. The summed E-state index contributed by atoms with van der Waals surface area (Å²) in [7, 11) is 0. The monoisotopic (exact) mass is 496 g/mol. The summed E-state index contributed by atoms with van der Waals surface area (Å²) in [6.45, 7) is 7.19. The molecule has 1 aliphatic heterocycles. The highest BCUT2D eigenvalue weighted by molar-refractivity contribution is 7.99. The number of fused-ring (bicyclic) bond motifs is 1. The van der Waals surface area contributed by atoms with Crippen molar-refractivity contribution in [2.75, 3.05) is 18.1 Å². The second-order valence-corrected chi connectivity index (χ2v) is 11.4. The highest BCUT2D eigenvalue weighted by Crippen LogP contribution is 2.31. The van der Waals surface area contributed by atoms with Crippen molar-refractivity contribution in [2.24, 2.45) is 0 Å².